The summed E-state index contributed by atoms with van der Waals surface area (Å²) in [6.07, 6.45) is -3.28. The summed E-state index contributed by atoms with van der Waals surface area (Å²) in [5.74, 6) is -1.57. The molecule has 1 aliphatic heterocycles. The van der Waals surface area contributed by atoms with Crippen molar-refractivity contribution in [3.63, 3.8) is 0 Å². The predicted molar refractivity (Wildman–Crippen MR) is 131 cm³/mol. The van der Waals surface area contributed by atoms with Crippen LogP contribution in [0.4, 0.5) is 13.2 Å². The van der Waals surface area contributed by atoms with Gasteiger partial charge in [0.05, 0.1) is 17.8 Å². The van der Waals surface area contributed by atoms with Gasteiger partial charge in [-0.2, -0.15) is 0 Å². The van der Waals surface area contributed by atoms with Crippen molar-refractivity contribution < 1.29 is 32.3 Å². The number of pyridine rings is 1. The molecule has 1 aromatic carbocycles. The van der Waals surface area contributed by atoms with E-state index >= 15 is 0 Å². The quantitative estimate of drug-likeness (QED) is 0.450. The first-order valence-electron chi connectivity index (χ1n) is 11.8. The molecule has 0 radical (unpaired) electrons. The molecule has 0 aliphatic carbocycles. The van der Waals surface area contributed by atoms with E-state index in [9.17, 15) is 27.6 Å². The molecule has 3 aromatic rings. The van der Waals surface area contributed by atoms with E-state index in [4.69, 9.17) is 5.73 Å². The van der Waals surface area contributed by atoms with Crippen molar-refractivity contribution in [2.45, 2.75) is 19.8 Å². The third-order valence-electron chi connectivity index (χ3n) is 6.30. The van der Waals surface area contributed by atoms with Gasteiger partial charge in [-0.3, -0.25) is 24.3 Å². The summed E-state index contributed by atoms with van der Waals surface area (Å²) in [5, 5.41) is 0. The Labute approximate surface area is 216 Å². The number of ketones is 1. The van der Waals surface area contributed by atoms with E-state index in [1.165, 1.54) is 24.3 Å². The summed E-state index contributed by atoms with van der Waals surface area (Å²) < 4.78 is 43.5. The molecule has 2 aromatic heterocycles. The van der Waals surface area contributed by atoms with E-state index in [0.717, 1.165) is 0 Å². The first kappa shape index (κ1) is 26.9. The molecule has 0 saturated carbocycles. The molecule has 4 rings (SSSR count). The lowest BCUT2D eigenvalue weighted by molar-refractivity contribution is -0.274. The number of nitrogens with two attached hydrogens (primary N) is 1. The van der Waals surface area contributed by atoms with Gasteiger partial charge in [0.1, 0.15) is 11.4 Å². The van der Waals surface area contributed by atoms with Gasteiger partial charge in [-0.25, -0.2) is 0 Å². The minimum absolute atomic E-state index is 0.0294. The number of Topliss-reactive ketones (excluding diaryl/α,β-unsaturated/α-hetero) is 1. The molecule has 12 heteroatoms. The lowest BCUT2D eigenvalue weighted by Gasteiger charge is -2.34. The highest BCUT2D eigenvalue weighted by atomic mass is 19.4. The minimum Gasteiger partial charge on any atom is -0.406 e. The van der Waals surface area contributed by atoms with Crippen LogP contribution in [0.15, 0.2) is 54.7 Å². The van der Waals surface area contributed by atoms with Crippen LogP contribution in [-0.4, -0.2) is 76.0 Å². The second-order valence-corrected chi connectivity index (χ2v) is 8.88. The fourth-order valence-electron chi connectivity index (χ4n) is 4.40. The third-order valence-corrected chi connectivity index (χ3v) is 6.30. The zero-order valence-electron chi connectivity index (χ0n) is 20.6. The van der Waals surface area contributed by atoms with Gasteiger partial charge in [0.15, 0.2) is 5.78 Å². The number of hydrogen-bond acceptors (Lipinski definition) is 6. The maximum Gasteiger partial charge on any atom is 0.573 e. The van der Waals surface area contributed by atoms with E-state index < -0.39 is 12.3 Å². The van der Waals surface area contributed by atoms with Gasteiger partial charge >= 0.3 is 6.36 Å². The van der Waals surface area contributed by atoms with Crippen molar-refractivity contribution in [2.75, 3.05) is 32.7 Å². The Kier molecular flexibility index (Phi) is 7.81. The first-order valence-corrected chi connectivity index (χ1v) is 11.8. The Hall–Kier alpha value is -4.19. The molecule has 3 heterocycles. The molecular formula is C26H26F3N5O4. The van der Waals surface area contributed by atoms with Crippen molar-refractivity contribution in [1.29, 1.82) is 0 Å². The topological polar surface area (TPSA) is 111 Å². The molecule has 0 bridgehead atoms. The number of alkyl halides is 3. The fourth-order valence-corrected chi connectivity index (χ4v) is 4.40. The second-order valence-electron chi connectivity index (χ2n) is 8.88. The van der Waals surface area contributed by atoms with Gasteiger partial charge < -0.3 is 19.9 Å². The van der Waals surface area contributed by atoms with E-state index in [1.54, 1.807) is 46.9 Å². The number of aromatic nitrogens is 2. The highest BCUT2D eigenvalue weighted by Gasteiger charge is 2.31. The largest absolute Gasteiger partial charge is 0.573 e. The highest BCUT2D eigenvalue weighted by Crippen LogP contribution is 2.25. The van der Waals surface area contributed by atoms with Crippen LogP contribution in [0.25, 0.3) is 0 Å². The summed E-state index contributed by atoms with van der Waals surface area (Å²) in [4.78, 5) is 45.6. The van der Waals surface area contributed by atoms with Crippen molar-refractivity contribution in [1.82, 2.24) is 19.4 Å². The van der Waals surface area contributed by atoms with Crippen LogP contribution < -0.4 is 10.5 Å². The first-order chi connectivity index (χ1) is 18.0. The molecule has 2 N–H and O–H groups in total. The molecule has 0 spiro atoms. The summed E-state index contributed by atoms with van der Waals surface area (Å²) >= 11 is 0. The smallest absolute Gasteiger partial charge is 0.406 e. The Bertz CT molecular complexity index is 1330. The number of benzene rings is 1. The second kappa shape index (κ2) is 11.1. The standard InChI is InChI=1S/C26H26F3N5O4/c1-17-20(24(30)36)14-22(34(17)15-18-5-4-6-19(13-18)38-26(27,28)29)23(35)16-32-9-11-33(12-10-32)25(37)21-7-2-3-8-31-21/h2-8,13-14H,9-12,15-16H2,1H3,(H2,30,36). The molecular weight excluding hydrogens is 503 g/mol. The molecule has 1 fully saturated rings. The maximum absolute atomic E-state index is 13.3. The Morgan fingerprint density at radius 2 is 1.76 bits per heavy atom. The molecule has 1 aliphatic rings. The lowest BCUT2D eigenvalue weighted by Crippen LogP contribution is -2.50. The number of carbonyl (C=O) groups is 3. The van der Waals surface area contributed by atoms with Gasteiger partial charge in [0.2, 0.25) is 0 Å². The number of piperazine rings is 1. The maximum atomic E-state index is 13.3. The molecule has 0 unspecified atom stereocenters. The van der Waals surface area contributed by atoms with Crippen molar-refractivity contribution >= 4 is 17.6 Å². The Morgan fingerprint density at radius 3 is 2.39 bits per heavy atom. The molecule has 200 valence electrons. The number of hydrogen-bond donors (Lipinski definition) is 1. The van der Waals surface area contributed by atoms with E-state index in [-0.39, 0.29) is 41.8 Å². The van der Waals surface area contributed by atoms with Gasteiger partial charge in [-0.15, -0.1) is 13.2 Å². The summed E-state index contributed by atoms with van der Waals surface area (Å²) in [6, 6.07) is 11.9. The number of rotatable bonds is 8. The van der Waals surface area contributed by atoms with Crippen LogP contribution >= 0.6 is 0 Å². The number of amides is 2. The molecule has 1 saturated heterocycles. The molecule has 0 atom stereocenters. The average molecular weight is 530 g/mol. The number of halogens is 3. The van der Waals surface area contributed by atoms with Gasteiger partial charge in [-0.05, 0) is 42.8 Å². The number of nitrogens with zero attached hydrogens (tertiary/aromatic N) is 4. The number of carbonyl (C=O) groups excluding carboxylic acids is 3. The van der Waals surface area contributed by atoms with Crippen LogP contribution in [0.1, 0.15) is 42.6 Å². The van der Waals surface area contributed by atoms with E-state index in [0.29, 0.717) is 43.1 Å². The highest BCUT2D eigenvalue weighted by molar-refractivity contribution is 6.01. The van der Waals surface area contributed by atoms with Gasteiger partial charge in [-0.1, -0.05) is 18.2 Å². The predicted octanol–water partition coefficient (Wildman–Crippen LogP) is 2.88. The minimum atomic E-state index is -4.84. The van der Waals surface area contributed by atoms with Crippen molar-refractivity contribution in [3.05, 3.63) is 82.9 Å². The molecule has 38 heavy (non-hydrogen) atoms. The monoisotopic (exact) mass is 529 g/mol. The zero-order valence-corrected chi connectivity index (χ0v) is 20.6. The van der Waals surface area contributed by atoms with Crippen molar-refractivity contribution in [3.8, 4) is 5.75 Å². The van der Waals surface area contributed by atoms with E-state index in [1.807, 2.05) is 4.90 Å². The molecule has 9 nitrogen and oxygen atoms in total. The third kappa shape index (κ3) is 6.38. The van der Waals surface area contributed by atoms with Crippen LogP contribution in [0, 0.1) is 6.92 Å². The van der Waals surface area contributed by atoms with Crippen LogP contribution in [0.3, 0.4) is 0 Å². The van der Waals surface area contributed by atoms with E-state index in [2.05, 4.69) is 9.72 Å². The van der Waals surface area contributed by atoms with Gasteiger partial charge in [0, 0.05) is 44.6 Å². The number of primary amides is 1. The lowest BCUT2D eigenvalue weighted by atomic mass is 10.2. The summed E-state index contributed by atoms with van der Waals surface area (Å²) in [5.41, 5.74) is 7.09. The van der Waals surface area contributed by atoms with Crippen LogP contribution in [0.2, 0.25) is 0 Å². The fraction of sp³-hybridized carbons (Fsp3) is 0.308. The van der Waals surface area contributed by atoms with Crippen LogP contribution in [-0.2, 0) is 6.54 Å². The summed E-state index contributed by atoms with van der Waals surface area (Å²) in [6.45, 7) is 3.44. The SMILES string of the molecule is Cc1c(C(N)=O)cc(C(=O)CN2CCN(C(=O)c3ccccn3)CC2)n1Cc1cccc(OC(F)(F)F)c1. The molecule has 2 amide bonds. The van der Waals surface area contributed by atoms with Gasteiger partial charge in [0.25, 0.3) is 11.8 Å². The van der Waals surface area contributed by atoms with Crippen molar-refractivity contribution in [2.24, 2.45) is 5.73 Å². The number of ether oxygens (including phenoxy) is 1. The average Bonchev–Trinajstić information content (AvgIpc) is 3.20. The Morgan fingerprint density at radius 1 is 1.03 bits per heavy atom. The van der Waals surface area contributed by atoms with Crippen LogP contribution in [0.5, 0.6) is 5.75 Å². The Balaban J connectivity index is 1.47. The summed E-state index contributed by atoms with van der Waals surface area (Å²) in [7, 11) is 0. The normalized spacial score (nSPS) is 14.4. The zero-order chi connectivity index (χ0) is 27.4.